The minimum absolute atomic E-state index is 0.294. The molecule has 0 saturated carbocycles. The number of carboxylic acid groups (broad SMARTS) is 1. The summed E-state index contributed by atoms with van der Waals surface area (Å²) in [6.45, 7) is 2.07. The van der Waals surface area contributed by atoms with Gasteiger partial charge in [-0.05, 0) is 24.1 Å². The van der Waals surface area contributed by atoms with E-state index in [-0.39, 0.29) is 0 Å². The second-order valence-corrected chi connectivity index (χ2v) is 5.15. The molecule has 0 unspecified atom stereocenters. The van der Waals surface area contributed by atoms with Crippen molar-refractivity contribution >= 4 is 26.9 Å². The van der Waals surface area contributed by atoms with Crippen LogP contribution in [0.25, 0.3) is 0 Å². The van der Waals surface area contributed by atoms with Gasteiger partial charge in [0.1, 0.15) is 0 Å². The van der Waals surface area contributed by atoms with Crippen LogP contribution >= 0.6 is 0 Å². The summed E-state index contributed by atoms with van der Waals surface area (Å²) < 4.78 is 0.294. The van der Waals surface area contributed by atoms with Gasteiger partial charge in [0.05, 0.1) is 10.2 Å². The monoisotopic (exact) mass is 284 g/mol. The zero-order chi connectivity index (χ0) is 15.0. The van der Waals surface area contributed by atoms with E-state index in [1.165, 1.54) is 5.56 Å². The zero-order valence-electron chi connectivity index (χ0n) is 11.7. The predicted molar refractivity (Wildman–Crippen MR) is 82.1 cm³/mol. The van der Waals surface area contributed by atoms with Crippen LogP contribution < -0.4 is 0 Å². The average Bonchev–Trinajstić information content (AvgIpc) is 2.48. The van der Waals surface area contributed by atoms with Gasteiger partial charge in [0.15, 0.2) is 0 Å². The molecule has 0 amide bonds. The summed E-state index contributed by atoms with van der Waals surface area (Å²) in [7, 11) is 0. The molecule has 0 radical (unpaired) electrons. The van der Waals surface area contributed by atoms with Crippen LogP contribution in [-0.4, -0.2) is 32.0 Å². The van der Waals surface area contributed by atoms with Crippen LogP contribution in [-0.2, 0) is 6.42 Å². The number of carbonyl (C=O) groups is 2. The highest BCUT2D eigenvalue weighted by Gasteiger charge is 2.02. The van der Waals surface area contributed by atoms with Crippen molar-refractivity contribution in [3.8, 4) is 0 Å². The third-order valence-corrected chi connectivity index (χ3v) is 3.34. The van der Waals surface area contributed by atoms with Crippen molar-refractivity contribution in [3.63, 3.8) is 0 Å². The smallest absolute Gasteiger partial charge is 0.335 e. The van der Waals surface area contributed by atoms with Crippen molar-refractivity contribution < 1.29 is 14.7 Å². The Labute approximate surface area is 126 Å². The fourth-order valence-corrected chi connectivity index (χ4v) is 2.24. The molecule has 3 nitrogen and oxygen atoms in total. The third-order valence-electron chi connectivity index (χ3n) is 2.80. The van der Waals surface area contributed by atoms with Crippen molar-refractivity contribution in [1.29, 1.82) is 0 Å². The number of aryl methyl sites for hydroxylation is 1. The summed E-state index contributed by atoms with van der Waals surface area (Å²) in [5.41, 5.74) is 2.42. The lowest BCUT2D eigenvalue weighted by Crippen LogP contribution is -2.01. The lowest BCUT2D eigenvalue weighted by atomic mass is 10.1. The highest BCUT2D eigenvalue weighted by atomic mass is 27.0. The van der Waals surface area contributed by atoms with Crippen LogP contribution in [0.5, 0.6) is 0 Å². The average molecular weight is 284 g/mol. The van der Waals surface area contributed by atoms with Gasteiger partial charge in [-0.1, -0.05) is 49.4 Å². The Kier molecular flexibility index (Phi) is 6.72. The molecule has 2 aromatic rings. The molecule has 0 aliphatic rings. The lowest BCUT2D eigenvalue weighted by Gasteiger charge is -2.02. The molecule has 102 valence electrons. The molecule has 0 heterocycles. The van der Waals surface area contributed by atoms with E-state index < -0.39 is 5.97 Å². The second-order valence-electron chi connectivity index (χ2n) is 4.24. The van der Waals surface area contributed by atoms with E-state index in [0.717, 1.165) is 12.0 Å². The maximum absolute atomic E-state index is 11.1. The van der Waals surface area contributed by atoms with Crippen molar-refractivity contribution in [2.75, 3.05) is 0 Å². The topological polar surface area (TPSA) is 54.4 Å². The summed E-state index contributed by atoms with van der Waals surface area (Å²) in [4.78, 5) is 21.3. The van der Waals surface area contributed by atoms with Crippen molar-refractivity contribution in [1.82, 2.24) is 0 Å². The first-order valence-corrected chi connectivity index (χ1v) is 7.43. The van der Waals surface area contributed by atoms with Gasteiger partial charge in [-0.2, -0.15) is 0 Å². The Morgan fingerprint density at radius 2 is 1.55 bits per heavy atom. The molecule has 0 bridgehead atoms. The summed E-state index contributed by atoms with van der Waals surface area (Å²) in [6, 6.07) is 16.1. The molecule has 20 heavy (non-hydrogen) atoms. The van der Waals surface area contributed by atoms with Crippen molar-refractivity contribution in [2.45, 2.75) is 13.3 Å². The van der Waals surface area contributed by atoms with Gasteiger partial charge in [0.2, 0.25) is 0 Å². The second kappa shape index (κ2) is 8.32. The van der Waals surface area contributed by atoms with Gasteiger partial charge >= 0.3 is 22.3 Å². The van der Waals surface area contributed by atoms with Crippen LogP contribution in [0.4, 0.5) is 0 Å². The Morgan fingerprint density at radius 3 is 1.95 bits per heavy atom. The highest BCUT2D eigenvalue weighted by molar-refractivity contribution is 6.62. The van der Waals surface area contributed by atoms with E-state index in [1.807, 2.05) is 24.3 Å². The van der Waals surface area contributed by atoms with Crippen LogP contribution in [0, 0.1) is 0 Å². The SMILES string of the molecule is CCc1ccccc1[C](=O)[AlH2].O=C(O)c1ccccc1. The minimum atomic E-state index is -0.879. The minimum Gasteiger partial charge on any atom is -0.478 e. The fourth-order valence-electron chi connectivity index (χ4n) is 1.75. The molecule has 4 heteroatoms. The normalized spacial score (nSPS) is 9.25. The molecule has 2 aromatic carbocycles. The molecule has 0 spiro atoms. The number of hydrogen-bond donors (Lipinski definition) is 1. The van der Waals surface area contributed by atoms with E-state index in [9.17, 15) is 9.59 Å². The Bertz CT molecular complexity index is 579. The summed E-state index contributed by atoms with van der Waals surface area (Å²) >= 11 is 0.621. The van der Waals surface area contributed by atoms with E-state index in [2.05, 4.69) is 6.92 Å². The van der Waals surface area contributed by atoms with E-state index in [0.29, 0.717) is 26.5 Å². The third kappa shape index (κ3) is 5.01. The number of carbonyl (C=O) groups excluding carboxylic acids is 1. The summed E-state index contributed by atoms with van der Waals surface area (Å²) in [5, 5.41) is 8.38. The van der Waals surface area contributed by atoms with Gasteiger partial charge < -0.3 is 9.90 Å². The number of aromatic carboxylic acids is 1. The van der Waals surface area contributed by atoms with Crippen LogP contribution in [0.15, 0.2) is 54.6 Å². The van der Waals surface area contributed by atoms with E-state index in [1.54, 1.807) is 30.3 Å². The number of hydrogen-bond acceptors (Lipinski definition) is 2. The first-order valence-electron chi connectivity index (χ1n) is 6.43. The van der Waals surface area contributed by atoms with E-state index in [4.69, 9.17) is 5.11 Å². The largest absolute Gasteiger partial charge is 0.478 e. The van der Waals surface area contributed by atoms with Gasteiger partial charge in [0, 0.05) is 5.56 Å². The van der Waals surface area contributed by atoms with Crippen LogP contribution in [0.1, 0.15) is 33.2 Å². The Balaban J connectivity index is 0.000000204. The first kappa shape index (κ1) is 16.2. The predicted octanol–water partition coefficient (Wildman–Crippen LogP) is 2.41. The molecule has 0 aromatic heterocycles. The highest BCUT2D eigenvalue weighted by Crippen LogP contribution is 2.08. The number of carboxylic acids is 1. The standard InChI is InChI=1S/C9H9O.C7H6O2.Al.2H/c1-2-8-5-3-4-6-9(8)7-10;8-7(9)6-4-2-1-3-5-6;;;/h3-6H,2H2,1H3;1-5H,(H,8,9);;;. The number of rotatable bonds is 3. The molecule has 2 rings (SSSR count). The maximum Gasteiger partial charge on any atom is 0.335 e. The molecule has 0 aliphatic heterocycles. The van der Waals surface area contributed by atoms with Gasteiger partial charge in [-0.15, -0.1) is 0 Å². The van der Waals surface area contributed by atoms with Gasteiger partial charge in [-0.3, -0.25) is 0 Å². The van der Waals surface area contributed by atoms with E-state index >= 15 is 0 Å². The summed E-state index contributed by atoms with van der Waals surface area (Å²) in [6.07, 6.45) is 0.949. The summed E-state index contributed by atoms with van der Waals surface area (Å²) in [5.74, 6) is -0.879. The van der Waals surface area contributed by atoms with Crippen molar-refractivity contribution in [3.05, 3.63) is 71.3 Å². The molecule has 0 saturated heterocycles. The zero-order valence-corrected chi connectivity index (χ0v) is 13.7. The Hall–Kier alpha value is -1.89. The lowest BCUT2D eigenvalue weighted by molar-refractivity contribution is 0.0696. The fraction of sp³-hybridized carbons (Fsp3) is 0.125. The van der Waals surface area contributed by atoms with Crippen molar-refractivity contribution in [2.24, 2.45) is 0 Å². The molecular formula is C16H17AlO3. The van der Waals surface area contributed by atoms with Crippen LogP contribution in [0.2, 0.25) is 0 Å². The first-order chi connectivity index (χ1) is 9.56. The maximum atomic E-state index is 11.1. The number of benzene rings is 2. The van der Waals surface area contributed by atoms with Gasteiger partial charge in [-0.25, -0.2) is 4.79 Å². The molecule has 0 fully saturated rings. The molecule has 0 atom stereocenters. The molecular weight excluding hydrogens is 267 g/mol. The quantitative estimate of drug-likeness (QED) is 0.881. The molecule has 1 N–H and O–H groups in total. The van der Waals surface area contributed by atoms with Gasteiger partial charge in [0.25, 0.3) is 0 Å². The Morgan fingerprint density at radius 1 is 1.00 bits per heavy atom. The molecule has 0 aliphatic carbocycles. The van der Waals surface area contributed by atoms with Crippen LogP contribution in [0.3, 0.4) is 0 Å².